The lowest BCUT2D eigenvalue weighted by atomic mass is 10.1. The molecule has 1 aromatic carbocycles. The van der Waals surface area contributed by atoms with Crippen molar-refractivity contribution in [1.29, 1.82) is 0 Å². The molecule has 2 amide bonds. The van der Waals surface area contributed by atoms with Gasteiger partial charge in [0.05, 0.1) is 6.54 Å². The van der Waals surface area contributed by atoms with Gasteiger partial charge in [0.25, 0.3) is 5.91 Å². The van der Waals surface area contributed by atoms with Crippen LogP contribution in [0, 0.1) is 0 Å². The van der Waals surface area contributed by atoms with E-state index in [0.717, 1.165) is 10.9 Å². The Morgan fingerprint density at radius 3 is 2.71 bits per heavy atom. The molecular weight excluding hydrogens is 266 g/mol. The van der Waals surface area contributed by atoms with Gasteiger partial charge in [0, 0.05) is 35.2 Å². The van der Waals surface area contributed by atoms with Crippen molar-refractivity contribution in [1.82, 2.24) is 15.2 Å². The van der Waals surface area contributed by atoms with Crippen molar-refractivity contribution in [2.45, 2.75) is 26.8 Å². The van der Waals surface area contributed by atoms with Crippen LogP contribution < -0.4 is 5.32 Å². The van der Waals surface area contributed by atoms with Crippen molar-refractivity contribution >= 4 is 22.7 Å². The van der Waals surface area contributed by atoms with Gasteiger partial charge in [-0.2, -0.15) is 0 Å². The van der Waals surface area contributed by atoms with E-state index in [0.29, 0.717) is 12.1 Å². The highest BCUT2D eigenvalue weighted by Gasteiger charge is 2.19. The van der Waals surface area contributed by atoms with Gasteiger partial charge in [-0.25, -0.2) is 0 Å². The molecular formula is C16H21N3O2. The number of fused-ring (bicyclic) bond motifs is 1. The van der Waals surface area contributed by atoms with Crippen LogP contribution in [0.25, 0.3) is 10.9 Å². The normalized spacial score (nSPS) is 10.9. The summed E-state index contributed by atoms with van der Waals surface area (Å²) >= 11 is 0. The summed E-state index contributed by atoms with van der Waals surface area (Å²) < 4.78 is 0. The summed E-state index contributed by atoms with van der Waals surface area (Å²) in [5.41, 5.74) is 1.54. The number of carbonyl (C=O) groups excluding carboxylic acids is 2. The third-order valence-electron chi connectivity index (χ3n) is 3.28. The zero-order valence-electron chi connectivity index (χ0n) is 12.6. The number of H-pyrrole nitrogens is 1. The minimum Gasteiger partial charge on any atom is -0.361 e. The first-order valence-electron chi connectivity index (χ1n) is 7.17. The van der Waals surface area contributed by atoms with E-state index in [1.807, 2.05) is 45.2 Å². The maximum absolute atomic E-state index is 12.6. The number of benzene rings is 1. The molecule has 0 bridgehead atoms. The maximum atomic E-state index is 12.6. The molecule has 2 N–H and O–H groups in total. The first-order chi connectivity index (χ1) is 10.0. The van der Waals surface area contributed by atoms with Crippen molar-refractivity contribution < 1.29 is 9.59 Å². The largest absolute Gasteiger partial charge is 0.361 e. The van der Waals surface area contributed by atoms with Crippen LogP contribution in [0.5, 0.6) is 0 Å². The van der Waals surface area contributed by atoms with Crippen molar-refractivity contribution in [2.24, 2.45) is 0 Å². The summed E-state index contributed by atoms with van der Waals surface area (Å²) in [6, 6.07) is 7.51. The number of nitrogens with zero attached hydrogens (tertiary/aromatic N) is 1. The van der Waals surface area contributed by atoms with Crippen molar-refractivity contribution in [2.75, 3.05) is 13.1 Å². The number of aromatic nitrogens is 1. The molecule has 21 heavy (non-hydrogen) atoms. The zero-order valence-corrected chi connectivity index (χ0v) is 12.6. The second-order valence-electron chi connectivity index (χ2n) is 5.29. The van der Waals surface area contributed by atoms with Gasteiger partial charge in [-0.05, 0) is 39.0 Å². The molecule has 0 atom stereocenters. The molecule has 0 saturated carbocycles. The van der Waals surface area contributed by atoms with Gasteiger partial charge in [0.2, 0.25) is 5.91 Å². The van der Waals surface area contributed by atoms with E-state index >= 15 is 0 Å². The highest BCUT2D eigenvalue weighted by molar-refractivity contribution is 6.07. The van der Waals surface area contributed by atoms with Crippen LogP contribution >= 0.6 is 0 Å². The van der Waals surface area contributed by atoms with Crippen molar-refractivity contribution in [3.8, 4) is 0 Å². The molecule has 2 rings (SSSR count). The van der Waals surface area contributed by atoms with E-state index in [-0.39, 0.29) is 24.4 Å². The van der Waals surface area contributed by atoms with Gasteiger partial charge in [-0.15, -0.1) is 0 Å². The molecule has 0 spiro atoms. The highest BCUT2D eigenvalue weighted by Crippen LogP contribution is 2.19. The van der Waals surface area contributed by atoms with Crippen LogP contribution in [-0.2, 0) is 4.79 Å². The Hall–Kier alpha value is -2.30. The van der Waals surface area contributed by atoms with E-state index in [4.69, 9.17) is 0 Å². The molecule has 0 radical (unpaired) electrons. The van der Waals surface area contributed by atoms with E-state index in [1.165, 1.54) is 0 Å². The molecule has 0 aliphatic heterocycles. The average Bonchev–Trinajstić information content (AvgIpc) is 2.91. The molecule has 0 aliphatic rings. The van der Waals surface area contributed by atoms with Crippen molar-refractivity contribution in [3.63, 3.8) is 0 Å². The van der Waals surface area contributed by atoms with Crippen LogP contribution in [0.2, 0.25) is 0 Å². The molecule has 5 nitrogen and oxygen atoms in total. The number of carbonyl (C=O) groups is 2. The Bertz CT molecular complexity index is 646. The first kappa shape index (κ1) is 15.1. The van der Waals surface area contributed by atoms with Gasteiger partial charge in [-0.3, -0.25) is 9.59 Å². The second-order valence-corrected chi connectivity index (χ2v) is 5.29. The lowest BCUT2D eigenvalue weighted by Crippen LogP contribution is -2.42. The van der Waals surface area contributed by atoms with Gasteiger partial charge in [0.15, 0.2) is 0 Å². The first-order valence-corrected chi connectivity index (χ1v) is 7.17. The summed E-state index contributed by atoms with van der Waals surface area (Å²) in [6.45, 7) is 6.24. The highest BCUT2D eigenvalue weighted by atomic mass is 16.2. The zero-order chi connectivity index (χ0) is 15.4. The van der Waals surface area contributed by atoms with E-state index in [1.54, 1.807) is 11.0 Å². The van der Waals surface area contributed by atoms with Gasteiger partial charge >= 0.3 is 0 Å². The average molecular weight is 287 g/mol. The van der Waals surface area contributed by atoms with Crippen LogP contribution in [0.15, 0.2) is 30.5 Å². The van der Waals surface area contributed by atoms with E-state index in [2.05, 4.69) is 10.3 Å². The molecule has 1 heterocycles. The summed E-state index contributed by atoms with van der Waals surface area (Å²) in [7, 11) is 0. The fourth-order valence-electron chi connectivity index (χ4n) is 2.31. The third-order valence-corrected chi connectivity index (χ3v) is 3.28. The number of amides is 2. The molecule has 0 aliphatic carbocycles. The van der Waals surface area contributed by atoms with Gasteiger partial charge < -0.3 is 15.2 Å². The number of rotatable bonds is 5. The SMILES string of the molecule is CCN(CC(=O)NC(C)C)C(=O)c1cccc2[nH]ccc12. The van der Waals surface area contributed by atoms with E-state index < -0.39 is 0 Å². The second kappa shape index (κ2) is 6.43. The standard InChI is InChI=1S/C16H21N3O2/c1-4-19(10-15(20)18-11(2)3)16(21)13-6-5-7-14-12(13)8-9-17-14/h5-9,11,17H,4,10H2,1-3H3,(H,18,20). The van der Waals surface area contributed by atoms with Crippen LogP contribution in [-0.4, -0.2) is 40.8 Å². The Kier molecular flexibility index (Phi) is 4.62. The predicted octanol–water partition coefficient (Wildman–Crippen LogP) is 2.15. The minimum atomic E-state index is -0.138. The van der Waals surface area contributed by atoms with Crippen molar-refractivity contribution in [3.05, 3.63) is 36.0 Å². The number of hydrogen-bond acceptors (Lipinski definition) is 2. The maximum Gasteiger partial charge on any atom is 0.254 e. The Morgan fingerprint density at radius 2 is 2.05 bits per heavy atom. The predicted molar refractivity (Wildman–Crippen MR) is 83.2 cm³/mol. The minimum absolute atomic E-state index is 0.0689. The molecule has 112 valence electrons. The lowest BCUT2D eigenvalue weighted by Gasteiger charge is -2.21. The number of likely N-dealkylation sites (N-methyl/N-ethyl adjacent to an activating group) is 1. The quantitative estimate of drug-likeness (QED) is 0.885. The summed E-state index contributed by atoms with van der Waals surface area (Å²) in [5, 5.41) is 3.69. The van der Waals surface area contributed by atoms with Crippen LogP contribution in [0.4, 0.5) is 0 Å². The molecule has 0 saturated heterocycles. The number of nitrogens with one attached hydrogen (secondary N) is 2. The molecule has 2 aromatic rings. The fraction of sp³-hybridized carbons (Fsp3) is 0.375. The van der Waals surface area contributed by atoms with Crippen LogP contribution in [0.1, 0.15) is 31.1 Å². The van der Waals surface area contributed by atoms with Crippen LogP contribution in [0.3, 0.4) is 0 Å². The topological polar surface area (TPSA) is 65.2 Å². The smallest absolute Gasteiger partial charge is 0.254 e. The van der Waals surface area contributed by atoms with Gasteiger partial charge in [-0.1, -0.05) is 6.07 Å². The summed E-state index contributed by atoms with van der Waals surface area (Å²) in [5.74, 6) is -0.261. The summed E-state index contributed by atoms with van der Waals surface area (Å²) in [6.07, 6.45) is 1.81. The number of hydrogen-bond donors (Lipinski definition) is 2. The molecule has 0 unspecified atom stereocenters. The Balaban J connectivity index is 2.20. The Morgan fingerprint density at radius 1 is 1.29 bits per heavy atom. The van der Waals surface area contributed by atoms with Gasteiger partial charge in [0.1, 0.15) is 0 Å². The Labute approximate surface area is 124 Å². The monoisotopic (exact) mass is 287 g/mol. The van der Waals surface area contributed by atoms with E-state index in [9.17, 15) is 9.59 Å². The third kappa shape index (κ3) is 3.42. The molecule has 0 fully saturated rings. The lowest BCUT2D eigenvalue weighted by molar-refractivity contribution is -0.122. The molecule has 1 aromatic heterocycles. The number of aromatic amines is 1. The summed E-state index contributed by atoms with van der Waals surface area (Å²) in [4.78, 5) is 29.1. The molecule has 5 heteroatoms. The fourth-order valence-corrected chi connectivity index (χ4v) is 2.31.